The Morgan fingerprint density at radius 1 is 0.242 bits per heavy atom. The molecule has 1 aromatic heterocycles. The van der Waals surface area contributed by atoms with E-state index in [4.69, 9.17) is 0 Å². The summed E-state index contributed by atoms with van der Waals surface area (Å²) < 4.78 is 2.42. The zero-order valence-electron chi connectivity index (χ0n) is 34.1. The van der Waals surface area contributed by atoms with E-state index in [-0.39, 0.29) is 0 Å². The van der Waals surface area contributed by atoms with Gasteiger partial charge in [-0.05, 0) is 110 Å². The molecule has 2 heteroatoms. The molecule has 11 aromatic rings. The molecular formula is C60H42N2. The average molecular weight is 791 g/mol. The van der Waals surface area contributed by atoms with Gasteiger partial charge in [0, 0.05) is 33.5 Å². The number of para-hydroxylation sites is 2. The van der Waals surface area contributed by atoms with Gasteiger partial charge >= 0.3 is 0 Å². The summed E-state index contributed by atoms with van der Waals surface area (Å²) in [4.78, 5) is 2.39. The average Bonchev–Trinajstić information content (AvgIpc) is 3.69. The van der Waals surface area contributed by atoms with Crippen LogP contribution >= 0.6 is 0 Å². The van der Waals surface area contributed by atoms with Gasteiger partial charge in [0.05, 0.1) is 11.0 Å². The smallest absolute Gasteiger partial charge is 0.0561 e. The van der Waals surface area contributed by atoms with E-state index in [0.29, 0.717) is 0 Å². The molecule has 0 spiro atoms. The van der Waals surface area contributed by atoms with Gasteiger partial charge in [0.25, 0.3) is 0 Å². The Bertz CT molecular complexity index is 3300. The summed E-state index contributed by atoms with van der Waals surface area (Å²) in [6, 6.07) is 92.0. The molecule has 292 valence electrons. The Morgan fingerprint density at radius 3 is 1.31 bits per heavy atom. The van der Waals surface area contributed by atoms with Crippen molar-refractivity contribution in [3.05, 3.63) is 255 Å². The minimum atomic E-state index is 1.08. The number of hydrogen-bond donors (Lipinski definition) is 0. The Hall–Kier alpha value is -8.20. The molecule has 0 saturated heterocycles. The van der Waals surface area contributed by atoms with Crippen LogP contribution in [0, 0.1) is 0 Å². The molecule has 11 rings (SSSR count). The highest BCUT2D eigenvalue weighted by molar-refractivity contribution is 6.10. The molecule has 0 unspecified atom stereocenters. The van der Waals surface area contributed by atoms with E-state index >= 15 is 0 Å². The summed E-state index contributed by atoms with van der Waals surface area (Å²) in [5, 5.41) is 2.45. The maximum absolute atomic E-state index is 2.42. The van der Waals surface area contributed by atoms with Gasteiger partial charge in [-0.2, -0.15) is 0 Å². The highest BCUT2D eigenvalue weighted by Gasteiger charge is 2.20. The second kappa shape index (κ2) is 16.1. The Balaban J connectivity index is 1.04. The molecule has 0 aliphatic rings. The number of aromatic nitrogens is 1. The molecule has 0 N–H and O–H groups in total. The predicted octanol–water partition coefficient (Wildman–Crippen LogP) is 16.6. The lowest BCUT2D eigenvalue weighted by Crippen LogP contribution is -2.10. The quantitative estimate of drug-likeness (QED) is 0.141. The van der Waals surface area contributed by atoms with Crippen molar-refractivity contribution in [3.63, 3.8) is 0 Å². The molecule has 0 aliphatic heterocycles. The van der Waals surface area contributed by atoms with Crippen LogP contribution in [0.2, 0.25) is 0 Å². The van der Waals surface area contributed by atoms with E-state index in [1.54, 1.807) is 0 Å². The molecule has 0 aliphatic carbocycles. The van der Waals surface area contributed by atoms with Crippen molar-refractivity contribution in [2.45, 2.75) is 0 Å². The Kier molecular flexibility index (Phi) is 9.57. The lowest BCUT2D eigenvalue weighted by molar-refractivity contribution is 1.18. The third-order valence-electron chi connectivity index (χ3n) is 12.0. The van der Waals surface area contributed by atoms with Gasteiger partial charge in [-0.3, -0.25) is 0 Å². The topological polar surface area (TPSA) is 8.17 Å². The Labute approximate surface area is 362 Å². The number of rotatable bonds is 9. The molecule has 1 heterocycles. The van der Waals surface area contributed by atoms with E-state index in [0.717, 1.165) is 28.3 Å². The Morgan fingerprint density at radius 2 is 0.661 bits per heavy atom. The van der Waals surface area contributed by atoms with Crippen LogP contribution in [0.1, 0.15) is 0 Å². The fraction of sp³-hybridized carbons (Fsp3) is 0. The van der Waals surface area contributed by atoms with E-state index < -0.39 is 0 Å². The minimum Gasteiger partial charge on any atom is -0.310 e. The number of benzene rings is 10. The normalized spacial score (nSPS) is 11.2. The third-order valence-corrected chi connectivity index (χ3v) is 12.0. The van der Waals surface area contributed by atoms with E-state index in [1.807, 2.05) is 0 Å². The molecule has 2 nitrogen and oxygen atoms in total. The zero-order valence-corrected chi connectivity index (χ0v) is 34.1. The van der Waals surface area contributed by atoms with Crippen LogP contribution in [-0.4, -0.2) is 4.57 Å². The maximum Gasteiger partial charge on any atom is 0.0561 e. The van der Waals surface area contributed by atoms with Crippen molar-refractivity contribution in [2.24, 2.45) is 0 Å². The number of hydrogen-bond acceptors (Lipinski definition) is 1. The van der Waals surface area contributed by atoms with Gasteiger partial charge in [-0.15, -0.1) is 0 Å². The molecule has 0 saturated carbocycles. The highest BCUT2D eigenvalue weighted by atomic mass is 15.1. The van der Waals surface area contributed by atoms with Crippen molar-refractivity contribution in [2.75, 3.05) is 4.90 Å². The summed E-state index contributed by atoms with van der Waals surface area (Å²) in [6.07, 6.45) is 0. The van der Waals surface area contributed by atoms with Crippen molar-refractivity contribution < 1.29 is 0 Å². The van der Waals surface area contributed by atoms with Crippen molar-refractivity contribution in [1.82, 2.24) is 4.57 Å². The van der Waals surface area contributed by atoms with Gasteiger partial charge in [0.2, 0.25) is 0 Å². The van der Waals surface area contributed by atoms with E-state index in [1.165, 1.54) is 71.9 Å². The van der Waals surface area contributed by atoms with Crippen molar-refractivity contribution in [3.8, 4) is 61.3 Å². The molecule has 0 radical (unpaired) electrons. The fourth-order valence-electron chi connectivity index (χ4n) is 9.05. The standard InChI is InChI=1S/C60H42N2/c1-5-17-43(18-6-1)44-29-31-47(32-30-44)55-39-37-51(41-58(55)46-21-9-3-10-22-46)61(49-23-11-4-12-24-49)52-38-40-57-56-27-15-16-28-59(56)62(60(57)42-52)50-35-33-48(34-36-50)54-26-14-13-25-53(54)45-19-7-2-8-20-45/h1-42H. The summed E-state index contributed by atoms with van der Waals surface area (Å²) in [7, 11) is 0. The van der Waals surface area contributed by atoms with Crippen molar-refractivity contribution in [1.29, 1.82) is 0 Å². The summed E-state index contributed by atoms with van der Waals surface area (Å²) in [5.41, 5.74) is 18.7. The first-order chi connectivity index (χ1) is 30.8. The van der Waals surface area contributed by atoms with Crippen molar-refractivity contribution >= 4 is 38.9 Å². The van der Waals surface area contributed by atoms with Crippen LogP contribution in [-0.2, 0) is 0 Å². The molecule has 0 amide bonds. The maximum atomic E-state index is 2.42. The first-order valence-electron chi connectivity index (χ1n) is 21.3. The van der Waals surface area contributed by atoms with Gasteiger partial charge in [-0.1, -0.05) is 200 Å². The summed E-state index contributed by atoms with van der Waals surface area (Å²) >= 11 is 0. The number of fused-ring (bicyclic) bond motifs is 3. The number of anilines is 3. The first kappa shape index (κ1) is 36.8. The second-order valence-corrected chi connectivity index (χ2v) is 15.7. The van der Waals surface area contributed by atoms with Gasteiger partial charge in [-0.25, -0.2) is 0 Å². The molecular weight excluding hydrogens is 749 g/mol. The van der Waals surface area contributed by atoms with Crippen LogP contribution < -0.4 is 4.90 Å². The predicted molar refractivity (Wildman–Crippen MR) is 263 cm³/mol. The summed E-state index contributed by atoms with van der Waals surface area (Å²) in [6.45, 7) is 0. The third kappa shape index (κ3) is 6.84. The van der Waals surface area contributed by atoms with Crippen LogP contribution in [0.4, 0.5) is 17.1 Å². The minimum absolute atomic E-state index is 1.08. The second-order valence-electron chi connectivity index (χ2n) is 15.7. The van der Waals surface area contributed by atoms with Gasteiger partial charge in [0.15, 0.2) is 0 Å². The van der Waals surface area contributed by atoms with E-state index in [9.17, 15) is 0 Å². The monoisotopic (exact) mass is 790 g/mol. The number of nitrogens with zero attached hydrogens (tertiary/aromatic N) is 2. The molecule has 0 atom stereocenters. The molecule has 0 bridgehead atoms. The van der Waals surface area contributed by atoms with E-state index in [2.05, 4.69) is 264 Å². The first-order valence-corrected chi connectivity index (χ1v) is 21.3. The SMILES string of the molecule is c1ccc(-c2ccc(-c3ccc(N(c4ccccc4)c4ccc5c6ccccc6n(-c6ccc(-c7ccccc7-c7ccccc7)cc6)c5c4)cc3-c3ccccc3)cc2)cc1. The zero-order chi connectivity index (χ0) is 41.2. The van der Waals surface area contributed by atoms with Crippen LogP contribution in [0.25, 0.3) is 83.1 Å². The molecule has 0 fully saturated rings. The van der Waals surface area contributed by atoms with Gasteiger partial charge in [0.1, 0.15) is 0 Å². The summed E-state index contributed by atoms with van der Waals surface area (Å²) in [5.74, 6) is 0. The lowest BCUT2D eigenvalue weighted by Gasteiger charge is -2.27. The van der Waals surface area contributed by atoms with Crippen LogP contribution in [0.3, 0.4) is 0 Å². The largest absolute Gasteiger partial charge is 0.310 e. The van der Waals surface area contributed by atoms with Gasteiger partial charge < -0.3 is 9.47 Å². The highest BCUT2D eigenvalue weighted by Crippen LogP contribution is 2.43. The fourth-order valence-corrected chi connectivity index (χ4v) is 9.05. The van der Waals surface area contributed by atoms with Crippen LogP contribution in [0.15, 0.2) is 255 Å². The molecule has 10 aromatic carbocycles. The lowest BCUT2D eigenvalue weighted by atomic mass is 9.92. The van der Waals surface area contributed by atoms with Crippen LogP contribution in [0.5, 0.6) is 0 Å². The molecule has 62 heavy (non-hydrogen) atoms.